The number of hydrogen-bond acceptors (Lipinski definition) is 6. The van der Waals surface area contributed by atoms with E-state index in [-0.39, 0.29) is 15.8 Å². The second-order valence-electron chi connectivity index (χ2n) is 5.81. The van der Waals surface area contributed by atoms with Crippen LogP contribution in [0.4, 0.5) is 0 Å². The zero-order valence-electron chi connectivity index (χ0n) is 14.3. The summed E-state index contributed by atoms with van der Waals surface area (Å²) in [4.78, 5) is 24.3. The number of hydrogen-bond donors (Lipinski definition) is 1. The van der Waals surface area contributed by atoms with Crippen molar-refractivity contribution in [2.45, 2.75) is 25.9 Å². The summed E-state index contributed by atoms with van der Waals surface area (Å²) in [6, 6.07) is 4.42. The van der Waals surface area contributed by atoms with E-state index < -0.39 is 39.0 Å². The highest BCUT2D eigenvalue weighted by molar-refractivity contribution is 9.09. The van der Waals surface area contributed by atoms with Crippen molar-refractivity contribution in [3.63, 3.8) is 0 Å². The standard InChI is InChI=1S/C16H16BrCl2NO6S/c1-9(21)25-13-14(22)16(2,10-4-5-11(18)12(19)8-10)26-15(13)20-27(23,24)7-3-6-17/h4-5,8,20H,3,6-7H2,1-2H3. The molecule has 0 aromatic heterocycles. The van der Waals surface area contributed by atoms with Gasteiger partial charge in [0.2, 0.25) is 21.7 Å². The van der Waals surface area contributed by atoms with Crippen LogP contribution in [0.2, 0.25) is 10.0 Å². The minimum absolute atomic E-state index is 0.187. The fourth-order valence-corrected chi connectivity index (χ4v) is 4.33. The number of sulfonamides is 1. The highest BCUT2D eigenvalue weighted by Crippen LogP contribution is 2.40. The maximum atomic E-state index is 12.9. The summed E-state index contributed by atoms with van der Waals surface area (Å²) in [6.07, 6.45) is 0.337. The van der Waals surface area contributed by atoms with Gasteiger partial charge in [0.1, 0.15) is 0 Å². The number of nitrogens with one attached hydrogen (secondary N) is 1. The Bertz CT molecular complexity index is 917. The largest absolute Gasteiger partial charge is 0.456 e. The van der Waals surface area contributed by atoms with Gasteiger partial charge in [-0.15, -0.1) is 0 Å². The Morgan fingerprint density at radius 3 is 2.56 bits per heavy atom. The van der Waals surface area contributed by atoms with Crippen LogP contribution < -0.4 is 4.72 Å². The van der Waals surface area contributed by atoms with Crippen LogP contribution in [-0.2, 0) is 34.7 Å². The van der Waals surface area contributed by atoms with E-state index in [1.165, 1.54) is 25.1 Å². The Morgan fingerprint density at radius 1 is 1.33 bits per heavy atom. The van der Waals surface area contributed by atoms with E-state index in [4.69, 9.17) is 32.7 Å². The number of ether oxygens (including phenoxy) is 2. The average Bonchev–Trinajstić information content (AvgIpc) is 2.80. The Kier molecular flexibility index (Phi) is 6.83. The lowest BCUT2D eigenvalue weighted by molar-refractivity contribution is -0.142. The first kappa shape index (κ1) is 22.0. The maximum absolute atomic E-state index is 12.9. The van der Waals surface area contributed by atoms with Crippen LogP contribution in [0.5, 0.6) is 0 Å². The third kappa shape index (κ3) is 4.96. The van der Waals surface area contributed by atoms with Crippen molar-refractivity contribution in [1.82, 2.24) is 4.72 Å². The molecule has 1 unspecified atom stereocenters. The molecule has 0 fully saturated rings. The molecule has 2 rings (SSSR count). The molecule has 1 aromatic carbocycles. The van der Waals surface area contributed by atoms with Gasteiger partial charge in [0.15, 0.2) is 5.60 Å². The first-order valence-electron chi connectivity index (χ1n) is 7.68. The molecule has 1 aliphatic rings. The van der Waals surface area contributed by atoms with Crippen LogP contribution in [0.25, 0.3) is 0 Å². The average molecular weight is 501 g/mol. The first-order valence-corrected chi connectivity index (χ1v) is 11.2. The van der Waals surface area contributed by atoms with Crippen molar-refractivity contribution in [1.29, 1.82) is 0 Å². The quantitative estimate of drug-likeness (QED) is 0.455. The summed E-state index contributed by atoms with van der Waals surface area (Å²) in [7, 11) is -3.82. The van der Waals surface area contributed by atoms with E-state index in [0.29, 0.717) is 17.3 Å². The fourth-order valence-electron chi connectivity index (χ4n) is 2.34. The number of Topliss-reactive ketones (excluding diaryl/α,β-unsaturated/α-hetero) is 1. The van der Waals surface area contributed by atoms with E-state index in [1.807, 2.05) is 0 Å². The molecule has 27 heavy (non-hydrogen) atoms. The van der Waals surface area contributed by atoms with Crippen molar-refractivity contribution in [2.75, 3.05) is 11.1 Å². The molecule has 1 atom stereocenters. The number of alkyl halides is 1. The molecule has 1 N–H and O–H groups in total. The molecular formula is C16H16BrCl2NO6S. The highest BCUT2D eigenvalue weighted by atomic mass is 79.9. The smallest absolute Gasteiger partial charge is 0.308 e. The van der Waals surface area contributed by atoms with Gasteiger partial charge >= 0.3 is 5.97 Å². The van der Waals surface area contributed by atoms with Crippen molar-refractivity contribution in [3.8, 4) is 0 Å². The lowest BCUT2D eigenvalue weighted by Crippen LogP contribution is -2.33. The fraction of sp³-hybridized carbons (Fsp3) is 0.375. The number of benzene rings is 1. The van der Waals surface area contributed by atoms with Crippen LogP contribution in [0.3, 0.4) is 0 Å². The Labute approximate surface area is 175 Å². The molecule has 1 heterocycles. The van der Waals surface area contributed by atoms with Gasteiger partial charge < -0.3 is 9.47 Å². The molecule has 1 aromatic rings. The van der Waals surface area contributed by atoms with Crippen LogP contribution in [0.1, 0.15) is 25.8 Å². The monoisotopic (exact) mass is 499 g/mol. The molecule has 1 aliphatic heterocycles. The van der Waals surface area contributed by atoms with Crippen molar-refractivity contribution in [3.05, 3.63) is 45.5 Å². The molecule has 0 spiro atoms. The maximum Gasteiger partial charge on any atom is 0.308 e. The van der Waals surface area contributed by atoms with E-state index in [9.17, 15) is 18.0 Å². The SMILES string of the molecule is CC(=O)OC1=C(NS(=O)(=O)CCCBr)OC(C)(c2ccc(Cl)c(Cl)c2)C1=O. The van der Waals surface area contributed by atoms with Crippen molar-refractivity contribution < 1.29 is 27.5 Å². The summed E-state index contributed by atoms with van der Waals surface area (Å²) >= 11 is 15.1. The summed E-state index contributed by atoms with van der Waals surface area (Å²) in [5, 5.41) is 0.940. The van der Waals surface area contributed by atoms with E-state index in [1.54, 1.807) is 0 Å². The summed E-state index contributed by atoms with van der Waals surface area (Å²) in [5.74, 6) is -2.69. The van der Waals surface area contributed by atoms with Gasteiger partial charge in [0, 0.05) is 17.8 Å². The van der Waals surface area contributed by atoms with E-state index in [2.05, 4.69) is 20.7 Å². The second kappa shape index (κ2) is 8.38. The molecule has 0 saturated carbocycles. The van der Waals surface area contributed by atoms with Crippen LogP contribution in [0, 0.1) is 0 Å². The van der Waals surface area contributed by atoms with E-state index >= 15 is 0 Å². The third-order valence-corrected chi connectivity index (χ3v) is 6.29. The van der Waals surface area contributed by atoms with Gasteiger partial charge in [-0.3, -0.25) is 14.3 Å². The minimum Gasteiger partial charge on any atom is -0.456 e. The molecule has 0 aliphatic carbocycles. The van der Waals surface area contributed by atoms with E-state index in [0.717, 1.165) is 6.92 Å². The number of esters is 1. The molecule has 0 saturated heterocycles. The molecule has 7 nitrogen and oxygen atoms in total. The molecular weight excluding hydrogens is 485 g/mol. The highest BCUT2D eigenvalue weighted by Gasteiger charge is 2.50. The Balaban J connectivity index is 2.43. The van der Waals surface area contributed by atoms with Gasteiger partial charge in [0.05, 0.1) is 15.8 Å². The van der Waals surface area contributed by atoms with Crippen LogP contribution >= 0.6 is 39.1 Å². The zero-order chi connectivity index (χ0) is 20.4. The molecule has 11 heteroatoms. The summed E-state index contributed by atoms with van der Waals surface area (Å²) in [6.45, 7) is 2.50. The molecule has 0 bridgehead atoms. The van der Waals surface area contributed by atoms with Gasteiger partial charge in [0.25, 0.3) is 5.78 Å². The summed E-state index contributed by atoms with van der Waals surface area (Å²) < 4.78 is 37.1. The molecule has 148 valence electrons. The van der Waals surface area contributed by atoms with Gasteiger partial charge in [-0.05, 0) is 25.5 Å². The number of carbonyl (C=O) groups excluding carboxylic acids is 2. The number of halogens is 3. The topological polar surface area (TPSA) is 98.8 Å². The molecule has 0 amide bonds. The van der Waals surface area contributed by atoms with Crippen LogP contribution in [-0.4, -0.2) is 31.3 Å². The Morgan fingerprint density at radius 2 is 2.00 bits per heavy atom. The molecule has 0 radical (unpaired) electrons. The third-order valence-electron chi connectivity index (χ3n) is 3.66. The van der Waals surface area contributed by atoms with Crippen molar-refractivity contribution >= 4 is 60.9 Å². The predicted molar refractivity (Wildman–Crippen MR) is 104 cm³/mol. The number of carbonyl (C=O) groups is 2. The predicted octanol–water partition coefficient (Wildman–Crippen LogP) is 3.24. The summed E-state index contributed by atoms with van der Waals surface area (Å²) in [5.41, 5.74) is -1.33. The number of ketones is 1. The van der Waals surface area contributed by atoms with Crippen molar-refractivity contribution in [2.24, 2.45) is 0 Å². The Hall–Kier alpha value is -1.29. The van der Waals surface area contributed by atoms with Gasteiger partial charge in [-0.1, -0.05) is 45.2 Å². The lowest BCUT2D eigenvalue weighted by Gasteiger charge is -2.24. The van der Waals surface area contributed by atoms with Gasteiger partial charge in [-0.2, -0.15) is 0 Å². The number of rotatable bonds is 7. The van der Waals surface area contributed by atoms with Gasteiger partial charge in [-0.25, -0.2) is 8.42 Å². The zero-order valence-corrected chi connectivity index (χ0v) is 18.3. The first-order chi connectivity index (χ1) is 12.5. The minimum atomic E-state index is -3.82. The normalized spacial score (nSPS) is 19.8. The second-order valence-corrected chi connectivity index (χ2v) is 9.26. The van der Waals surface area contributed by atoms with Crippen LogP contribution in [0.15, 0.2) is 29.8 Å². The lowest BCUT2D eigenvalue weighted by atomic mass is 9.91.